The molecule has 0 atom stereocenters. The predicted octanol–water partition coefficient (Wildman–Crippen LogP) is 5.42. The molecule has 204 valence electrons. The molecule has 0 fully saturated rings. The zero-order valence-electron chi connectivity index (χ0n) is 22.3. The Kier molecular flexibility index (Phi) is 11.1. The molecule has 2 rings (SSSR count). The van der Waals surface area contributed by atoms with Crippen LogP contribution in [0.25, 0.3) is 0 Å². The summed E-state index contributed by atoms with van der Waals surface area (Å²) < 4.78 is 37.4. The topological polar surface area (TPSA) is 111 Å². The van der Waals surface area contributed by atoms with Gasteiger partial charge in [-0.3, -0.25) is 10.1 Å². The highest BCUT2D eigenvalue weighted by atomic mass is 79.9. The number of hydrogen-bond acceptors (Lipinski definition) is 7. The molecular weight excluding hydrogens is 560 g/mol. The lowest BCUT2D eigenvalue weighted by atomic mass is 10.0. The third-order valence-electron chi connectivity index (χ3n) is 5.39. The van der Waals surface area contributed by atoms with Gasteiger partial charge in [0.15, 0.2) is 9.84 Å². The van der Waals surface area contributed by atoms with Gasteiger partial charge >= 0.3 is 12.1 Å². The maximum absolute atomic E-state index is 12.9. The van der Waals surface area contributed by atoms with Crippen molar-refractivity contribution >= 4 is 43.5 Å². The minimum Gasteiger partial charge on any atom is -0.459 e. The van der Waals surface area contributed by atoms with Crippen LogP contribution in [0.3, 0.4) is 0 Å². The molecule has 0 aromatic heterocycles. The Morgan fingerprint density at radius 1 is 1.03 bits per heavy atom. The predicted molar refractivity (Wildman–Crippen MR) is 149 cm³/mol. The molecule has 0 aliphatic rings. The van der Waals surface area contributed by atoms with Crippen molar-refractivity contribution in [2.75, 3.05) is 18.5 Å². The van der Waals surface area contributed by atoms with Crippen molar-refractivity contribution in [1.29, 1.82) is 0 Å². The van der Waals surface area contributed by atoms with Gasteiger partial charge in [-0.1, -0.05) is 28.9 Å². The van der Waals surface area contributed by atoms with E-state index in [0.717, 1.165) is 16.5 Å². The summed E-state index contributed by atoms with van der Waals surface area (Å²) in [5.41, 5.74) is 2.49. The number of hydrogen-bond donors (Lipinski definition) is 2. The van der Waals surface area contributed by atoms with Gasteiger partial charge in [0.05, 0.1) is 23.3 Å². The third-order valence-corrected chi connectivity index (χ3v) is 8.14. The number of ether oxygens (including phenoxy) is 2. The van der Waals surface area contributed by atoms with Crippen LogP contribution in [-0.2, 0) is 43.5 Å². The van der Waals surface area contributed by atoms with E-state index in [-0.39, 0.29) is 24.6 Å². The quantitative estimate of drug-likeness (QED) is 0.333. The van der Waals surface area contributed by atoms with Gasteiger partial charge in [0.25, 0.3) is 0 Å². The first-order chi connectivity index (χ1) is 17.2. The van der Waals surface area contributed by atoms with E-state index in [9.17, 15) is 18.0 Å². The van der Waals surface area contributed by atoms with Crippen LogP contribution in [-0.4, -0.2) is 44.5 Å². The Balaban J connectivity index is 2.08. The molecule has 0 aliphatic heterocycles. The lowest BCUT2D eigenvalue weighted by molar-refractivity contribution is -0.153. The number of esters is 1. The molecule has 10 heteroatoms. The lowest BCUT2D eigenvalue weighted by Crippen LogP contribution is -2.31. The van der Waals surface area contributed by atoms with E-state index in [2.05, 4.69) is 39.6 Å². The second kappa shape index (κ2) is 13.4. The van der Waals surface area contributed by atoms with Gasteiger partial charge in [0.2, 0.25) is 0 Å². The maximum atomic E-state index is 12.9. The second-order valence-electron chi connectivity index (χ2n) is 9.88. The smallest absolute Gasteiger partial charge is 0.411 e. The lowest BCUT2D eigenvalue weighted by Gasteiger charge is -2.20. The number of halogens is 1. The summed E-state index contributed by atoms with van der Waals surface area (Å²) in [5.74, 6) is -0.448. The molecule has 1 amide bonds. The van der Waals surface area contributed by atoms with E-state index >= 15 is 0 Å². The number of sulfone groups is 1. The van der Waals surface area contributed by atoms with Crippen LogP contribution in [0.4, 0.5) is 10.5 Å². The summed E-state index contributed by atoms with van der Waals surface area (Å²) >= 11 is 3.47. The molecule has 0 heterocycles. The highest BCUT2D eigenvalue weighted by molar-refractivity contribution is 9.10. The Morgan fingerprint density at radius 3 is 2.35 bits per heavy atom. The van der Waals surface area contributed by atoms with Crippen molar-refractivity contribution in [1.82, 2.24) is 5.32 Å². The van der Waals surface area contributed by atoms with Crippen LogP contribution in [0, 0.1) is 0 Å². The van der Waals surface area contributed by atoms with Crippen LogP contribution in [0.1, 0.15) is 58.2 Å². The van der Waals surface area contributed by atoms with Gasteiger partial charge in [0.1, 0.15) is 5.60 Å². The molecule has 0 unspecified atom stereocenters. The Hall–Kier alpha value is -2.43. The highest BCUT2D eigenvalue weighted by Gasteiger charge is 2.23. The molecule has 0 aliphatic carbocycles. The van der Waals surface area contributed by atoms with Gasteiger partial charge in [-0.2, -0.15) is 0 Å². The molecule has 2 N–H and O–H groups in total. The average molecular weight is 598 g/mol. The van der Waals surface area contributed by atoms with Gasteiger partial charge in [-0.05, 0) is 88.1 Å². The number of carbonyl (C=O) groups is 2. The van der Waals surface area contributed by atoms with Crippen molar-refractivity contribution < 1.29 is 27.5 Å². The summed E-state index contributed by atoms with van der Waals surface area (Å²) in [6.07, 6.45) is 0.814. The van der Waals surface area contributed by atoms with Crippen molar-refractivity contribution in [2.24, 2.45) is 0 Å². The second-order valence-corrected chi connectivity index (χ2v) is 13.3. The minimum absolute atomic E-state index is 0.0893. The summed E-state index contributed by atoms with van der Waals surface area (Å²) in [6, 6.07) is 10.6. The van der Waals surface area contributed by atoms with Gasteiger partial charge in [0, 0.05) is 23.1 Å². The van der Waals surface area contributed by atoms with Crippen molar-refractivity contribution in [3.63, 3.8) is 0 Å². The standard InChI is InChI=1S/C27H37BrN2O6S/c1-7-19-14-22(28)9-8-20(19)12-13-35-26(32)30-23-10-11-24(37(33,34)18(2)3)21(15-23)16-29-17-25(31)36-27(4,5)6/h8-11,14-15,18,29H,7,12-13,16-17H2,1-6H3,(H,30,32). The molecule has 0 saturated heterocycles. The SMILES string of the molecule is CCc1cc(Br)ccc1CCOC(=O)Nc1ccc(S(=O)(=O)C(C)C)c(CNCC(=O)OC(C)(C)C)c1. The summed E-state index contributed by atoms with van der Waals surface area (Å²) in [7, 11) is -3.59. The monoisotopic (exact) mass is 596 g/mol. The van der Waals surface area contributed by atoms with E-state index < -0.39 is 32.8 Å². The molecule has 8 nitrogen and oxygen atoms in total. The first kappa shape index (κ1) is 30.8. The number of carbonyl (C=O) groups excluding carboxylic acids is 2. The third kappa shape index (κ3) is 9.75. The largest absolute Gasteiger partial charge is 0.459 e. The van der Waals surface area contributed by atoms with Gasteiger partial charge in [-0.25, -0.2) is 13.2 Å². The van der Waals surface area contributed by atoms with Crippen LogP contribution >= 0.6 is 15.9 Å². The van der Waals surface area contributed by atoms with Crippen molar-refractivity contribution in [2.45, 2.75) is 76.7 Å². The number of nitrogens with one attached hydrogen (secondary N) is 2. The molecular formula is C27H37BrN2O6S. The van der Waals surface area contributed by atoms with E-state index in [1.54, 1.807) is 40.7 Å². The van der Waals surface area contributed by atoms with Crippen LogP contribution < -0.4 is 10.6 Å². The number of anilines is 1. The van der Waals surface area contributed by atoms with Crippen LogP contribution in [0.5, 0.6) is 0 Å². The van der Waals surface area contributed by atoms with E-state index in [0.29, 0.717) is 17.7 Å². The molecule has 2 aromatic carbocycles. The molecule has 0 spiro atoms. The Labute approximate surface area is 228 Å². The zero-order valence-corrected chi connectivity index (χ0v) is 24.7. The number of rotatable bonds is 11. The minimum atomic E-state index is -3.59. The van der Waals surface area contributed by atoms with Gasteiger partial charge in [-0.15, -0.1) is 0 Å². The fourth-order valence-corrected chi connectivity index (χ4v) is 5.25. The molecule has 0 radical (unpaired) electrons. The summed E-state index contributed by atoms with van der Waals surface area (Å²) in [5, 5.41) is 4.97. The molecule has 0 saturated carbocycles. The van der Waals surface area contributed by atoms with Crippen molar-refractivity contribution in [3.05, 3.63) is 57.6 Å². The Bertz CT molecular complexity index is 1210. The van der Waals surface area contributed by atoms with Crippen LogP contribution in [0.15, 0.2) is 45.8 Å². The maximum Gasteiger partial charge on any atom is 0.411 e. The molecule has 2 aromatic rings. The first-order valence-corrected chi connectivity index (χ1v) is 14.6. The normalized spacial score (nSPS) is 11.9. The molecule has 37 heavy (non-hydrogen) atoms. The van der Waals surface area contributed by atoms with Gasteiger partial charge < -0.3 is 14.8 Å². The van der Waals surface area contributed by atoms with E-state index in [4.69, 9.17) is 9.47 Å². The zero-order chi connectivity index (χ0) is 27.8. The molecule has 0 bridgehead atoms. The first-order valence-electron chi connectivity index (χ1n) is 12.2. The van der Waals surface area contributed by atoms with Crippen molar-refractivity contribution in [3.8, 4) is 0 Å². The van der Waals surface area contributed by atoms with E-state index in [1.165, 1.54) is 17.7 Å². The van der Waals surface area contributed by atoms with E-state index in [1.807, 2.05) is 12.1 Å². The van der Waals surface area contributed by atoms with Crippen LogP contribution in [0.2, 0.25) is 0 Å². The summed E-state index contributed by atoms with van der Waals surface area (Å²) in [4.78, 5) is 24.6. The Morgan fingerprint density at radius 2 is 1.73 bits per heavy atom. The number of benzene rings is 2. The fourth-order valence-electron chi connectivity index (χ4n) is 3.58. The average Bonchev–Trinajstić information content (AvgIpc) is 2.78. The number of amides is 1. The number of aryl methyl sites for hydroxylation is 1. The summed E-state index contributed by atoms with van der Waals surface area (Å²) in [6.45, 7) is 10.8. The highest BCUT2D eigenvalue weighted by Crippen LogP contribution is 2.24. The fraction of sp³-hybridized carbons (Fsp3) is 0.481.